The van der Waals surface area contributed by atoms with Crippen molar-refractivity contribution < 1.29 is 18.9 Å². The van der Waals surface area contributed by atoms with Crippen molar-refractivity contribution in [3.63, 3.8) is 0 Å². The number of methoxy groups -OCH3 is 2. The first kappa shape index (κ1) is 21.8. The minimum Gasteiger partial charge on any atom is -0.497 e. The van der Waals surface area contributed by atoms with Crippen LogP contribution in [0.1, 0.15) is 0 Å². The van der Waals surface area contributed by atoms with E-state index >= 15 is 0 Å². The molecule has 0 aliphatic carbocycles. The van der Waals surface area contributed by atoms with Gasteiger partial charge >= 0.3 is 0 Å². The van der Waals surface area contributed by atoms with Crippen molar-refractivity contribution in [3.05, 3.63) is 72.8 Å². The van der Waals surface area contributed by atoms with E-state index in [0.717, 1.165) is 42.9 Å². The van der Waals surface area contributed by atoms with Crippen LogP contribution in [0.5, 0.6) is 23.0 Å². The number of nitrogens with zero attached hydrogens (tertiary/aromatic N) is 2. The number of hydrogen-bond acceptors (Lipinski definition) is 7. The zero-order valence-corrected chi connectivity index (χ0v) is 18.5. The number of rotatable bonds is 9. The van der Waals surface area contributed by atoms with Gasteiger partial charge in [0.1, 0.15) is 18.1 Å². The molecule has 1 fully saturated rings. The fraction of sp³-hybridized carbons (Fsp3) is 0.280. The van der Waals surface area contributed by atoms with Crippen LogP contribution < -0.4 is 29.3 Å². The van der Waals surface area contributed by atoms with E-state index in [0.29, 0.717) is 24.7 Å². The number of anilines is 2. The van der Waals surface area contributed by atoms with Crippen molar-refractivity contribution in [2.24, 2.45) is 0 Å². The lowest BCUT2D eigenvalue weighted by molar-refractivity contribution is 0.144. The molecule has 3 aromatic carbocycles. The molecule has 0 saturated carbocycles. The van der Waals surface area contributed by atoms with E-state index < -0.39 is 0 Å². The average molecular weight is 436 g/mol. The summed E-state index contributed by atoms with van der Waals surface area (Å²) < 4.78 is 22.5. The third-order valence-electron chi connectivity index (χ3n) is 5.19. The highest BCUT2D eigenvalue weighted by Gasteiger charge is 2.19. The van der Waals surface area contributed by atoms with Crippen LogP contribution in [0.4, 0.5) is 11.4 Å². The van der Waals surface area contributed by atoms with Gasteiger partial charge in [-0.05, 0) is 48.5 Å². The second-order valence-corrected chi connectivity index (χ2v) is 7.37. The fourth-order valence-corrected chi connectivity index (χ4v) is 3.51. The quantitative estimate of drug-likeness (QED) is 0.503. The number of para-hydroxylation sites is 1. The molecule has 1 heterocycles. The second kappa shape index (κ2) is 10.7. The monoisotopic (exact) mass is 435 g/mol. The Kier molecular flexibility index (Phi) is 7.32. The molecule has 7 heteroatoms. The van der Waals surface area contributed by atoms with E-state index in [-0.39, 0.29) is 0 Å². The molecule has 1 aliphatic heterocycles. The van der Waals surface area contributed by atoms with E-state index in [9.17, 15) is 0 Å². The third-order valence-corrected chi connectivity index (χ3v) is 5.19. The molecule has 0 amide bonds. The number of ether oxygens (including phenoxy) is 4. The predicted molar refractivity (Wildman–Crippen MR) is 126 cm³/mol. The standard InChI is InChI=1S/C25H29N3O4/c1-29-14-15-31-25-16-21(10-13-24(25)32-23-6-4-3-5-7-23)28-18-26-17-27(19-28)20-8-11-22(30-2)12-9-20/h3-13,16,26H,14-15,17-19H2,1-2H3. The lowest BCUT2D eigenvalue weighted by atomic mass is 10.2. The molecule has 0 unspecified atom stereocenters. The van der Waals surface area contributed by atoms with Crippen LogP contribution in [-0.2, 0) is 4.74 Å². The summed E-state index contributed by atoms with van der Waals surface area (Å²) in [5.41, 5.74) is 2.17. The Balaban J connectivity index is 1.52. The average Bonchev–Trinajstić information content (AvgIpc) is 2.86. The van der Waals surface area contributed by atoms with Gasteiger partial charge in [-0.2, -0.15) is 0 Å². The van der Waals surface area contributed by atoms with Crippen LogP contribution in [0.25, 0.3) is 0 Å². The van der Waals surface area contributed by atoms with Crippen LogP contribution in [0.2, 0.25) is 0 Å². The summed E-state index contributed by atoms with van der Waals surface area (Å²) in [5, 5.41) is 3.47. The molecule has 0 aromatic heterocycles. The fourth-order valence-electron chi connectivity index (χ4n) is 3.51. The summed E-state index contributed by atoms with van der Waals surface area (Å²) in [6.07, 6.45) is 0. The Morgan fingerprint density at radius 2 is 1.47 bits per heavy atom. The van der Waals surface area contributed by atoms with Gasteiger partial charge in [-0.15, -0.1) is 0 Å². The molecule has 0 spiro atoms. The third kappa shape index (κ3) is 5.43. The smallest absolute Gasteiger partial charge is 0.169 e. The Morgan fingerprint density at radius 1 is 0.750 bits per heavy atom. The Morgan fingerprint density at radius 3 is 2.19 bits per heavy atom. The molecule has 4 rings (SSSR count). The zero-order valence-electron chi connectivity index (χ0n) is 18.5. The normalized spacial score (nSPS) is 13.7. The van der Waals surface area contributed by atoms with E-state index in [2.05, 4.69) is 33.3 Å². The predicted octanol–water partition coefficient (Wildman–Crippen LogP) is 4.30. The van der Waals surface area contributed by atoms with Crippen molar-refractivity contribution >= 4 is 11.4 Å². The zero-order chi connectivity index (χ0) is 22.2. The van der Waals surface area contributed by atoms with Crippen molar-refractivity contribution in [2.75, 3.05) is 57.2 Å². The molecular weight excluding hydrogens is 406 g/mol. The van der Waals surface area contributed by atoms with Gasteiger partial charge in [0.05, 0.1) is 33.7 Å². The van der Waals surface area contributed by atoms with Crippen LogP contribution >= 0.6 is 0 Å². The summed E-state index contributed by atoms with van der Waals surface area (Å²) >= 11 is 0. The van der Waals surface area contributed by atoms with Gasteiger partial charge in [-0.3, -0.25) is 5.32 Å². The topological polar surface area (TPSA) is 55.4 Å². The van der Waals surface area contributed by atoms with Gasteiger partial charge in [-0.1, -0.05) is 18.2 Å². The summed E-state index contributed by atoms with van der Waals surface area (Å²) in [4.78, 5) is 4.52. The minimum absolute atomic E-state index is 0.446. The maximum Gasteiger partial charge on any atom is 0.169 e. The lowest BCUT2D eigenvalue weighted by Gasteiger charge is -2.39. The summed E-state index contributed by atoms with van der Waals surface area (Å²) in [6, 6.07) is 23.8. The highest BCUT2D eigenvalue weighted by atomic mass is 16.5. The molecule has 7 nitrogen and oxygen atoms in total. The summed E-state index contributed by atoms with van der Waals surface area (Å²) in [7, 11) is 3.34. The van der Waals surface area contributed by atoms with Crippen molar-refractivity contribution in [1.29, 1.82) is 0 Å². The molecule has 0 radical (unpaired) electrons. The molecule has 1 saturated heterocycles. The Hall–Kier alpha value is -3.42. The van der Waals surface area contributed by atoms with Gasteiger partial charge in [0, 0.05) is 24.6 Å². The number of nitrogens with one attached hydrogen (secondary N) is 1. The van der Waals surface area contributed by atoms with Crippen molar-refractivity contribution in [3.8, 4) is 23.0 Å². The van der Waals surface area contributed by atoms with Crippen molar-refractivity contribution in [1.82, 2.24) is 5.32 Å². The van der Waals surface area contributed by atoms with Crippen LogP contribution in [0.15, 0.2) is 72.8 Å². The molecular formula is C25H29N3O4. The summed E-state index contributed by atoms with van der Waals surface area (Å²) in [6.45, 7) is 3.21. The highest BCUT2D eigenvalue weighted by Crippen LogP contribution is 2.35. The molecule has 3 aromatic rings. The van der Waals surface area contributed by atoms with Crippen LogP contribution in [-0.4, -0.2) is 47.4 Å². The van der Waals surface area contributed by atoms with Gasteiger partial charge < -0.3 is 28.7 Å². The summed E-state index contributed by atoms with van der Waals surface area (Å²) in [5.74, 6) is 2.97. The SMILES string of the molecule is COCCOc1cc(N2CNCN(c3ccc(OC)cc3)C2)ccc1Oc1ccccc1. The van der Waals surface area contributed by atoms with Gasteiger partial charge in [0.2, 0.25) is 0 Å². The number of benzene rings is 3. The largest absolute Gasteiger partial charge is 0.497 e. The highest BCUT2D eigenvalue weighted by molar-refractivity contribution is 5.59. The lowest BCUT2D eigenvalue weighted by Crippen LogP contribution is -2.53. The van der Waals surface area contributed by atoms with Crippen LogP contribution in [0.3, 0.4) is 0 Å². The molecule has 0 bridgehead atoms. The molecule has 1 N–H and O–H groups in total. The molecule has 0 atom stereocenters. The van der Waals surface area contributed by atoms with Crippen molar-refractivity contribution in [2.45, 2.75) is 0 Å². The number of hydrogen-bond donors (Lipinski definition) is 1. The Bertz CT molecular complexity index is 982. The minimum atomic E-state index is 0.446. The molecule has 32 heavy (non-hydrogen) atoms. The van der Waals surface area contributed by atoms with E-state index in [1.807, 2.05) is 54.6 Å². The maximum absolute atomic E-state index is 6.07. The first-order valence-electron chi connectivity index (χ1n) is 10.6. The van der Waals surface area contributed by atoms with Crippen LogP contribution in [0, 0.1) is 0 Å². The maximum atomic E-state index is 6.07. The molecule has 168 valence electrons. The van der Waals surface area contributed by atoms with E-state index in [1.54, 1.807) is 14.2 Å². The van der Waals surface area contributed by atoms with E-state index in [1.165, 1.54) is 0 Å². The van der Waals surface area contributed by atoms with Gasteiger partial charge in [-0.25, -0.2) is 0 Å². The second-order valence-electron chi connectivity index (χ2n) is 7.37. The first-order valence-corrected chi connectivity index (χ1v) is 10.6. The molecule has 1 aliphatic rings. The van der Waals surface area contributed by atoms with Gasteiger partial charge in [0.25, 0.3) is 0 Å². The van der Waals surface area contributed by atoms with Gasteiger partial charge in [0.15, 0.2) is 11.5 Å². The Labute approximate surface area is 189 Å². The van der Waals surface area contributed by atoms with E-state index in [4.69, 9.17) is 18.9 Å². The first-order chi connectivity index (χ1) is 15.8.